The van der Waals surface area contributed by atoms with Gasteiger partial charge in [-0.3, -0.25) is 0 Å². The van der Waals surface area contributed by atoms with Crippen LogP contribution in [-0.2, 0) is 0 Å². The Morgan fingerprint density at radius 1 is 1.12 bits per heavy atom. The van der Waals surface area contributed by atoms with Crippen molar-refractivity contribution >= 4 is 0 Å². The van der Waals surface area contributed by atoms with E-state index in [0.717, 1.165) is 5.92 Å². The van der Waals surface area contributed by atoms with E-state index in [2.05, 4.69) is 26.8 Å². The summed E-state index contributed by atoms with van der Waals surface area (Å²) in [7, 11) is 0. The normalized spacial score (nSPS) is 19.4. The Morgan fingerprint density at radius 3 is 2.44 bits per heavy atom. The van der Waals surface area contributed by atoms with E-state index >= 15 is 0 Å². The van der Waals surface area contributed by atoms with Gasteiger partial charge in [-0.15, -0.1) is 0 Å². The van der Waals surface area contributed by atoms with Crippen molar-refractivity contribution in [2.45, 2.75) is 59.3 Å². The number of rotatable bonds is 6. The van der Waals surface area contributed by atoms with Gasteiger partial charge in [0, 0.05) is 0 Å². The van der Waals surface area contributed by atoms with Crippen LogP contribution in [0.5, 0.6) is 0 Å². The summed E-state index contributed by atoms with van der Waals surface area (Å²) < 4.78 is 0. The van der Waals surface area contributed by atoms with Crippen molar-refractivity contribution < 1.29 is 4.90 Å². The predicted molar refractivity (Wildman–Crippen MR) is 71.9 cm³/mol. The second-order valence-corrected chi connectivity index (χ2v) is 5.81. The van der Waals surface area contributed by atoms with Crippen LogP contribution in [0.4, 0.5) is 0 Å². The first kappa shape index (κ1) is 13.8. The molecule has 1 aliphatic rings. The number of allylic oxidation sites excluding steroid dienone is 2. The van der Waals surface area contributed by atoms with Gasteiger partial charge in [0.25, 0.3) is 0 Å². The minimum Gasteiger partial charge on any atom is -0.335 e. The molecule has 1 rings (SSSR count). The van der Waals surface area contributed by atoms with E-state index in [0.29, 0.717) is 0 Å². The molecule has 0 amide bonds. The fourth-order valence-corrected chi connectivity index (χ4v) is 2.55. The molecule has 94 valence electrons. The van der Waals surface area contributed by atoms with E-state index in [4.69, 9.17) is 0 Å². The van der Waals surface area contributed by atoms with Gasteiger partial charge in [-0.05, 0) is 58.3 Å². The predicted octanol–water partition coefficient (Wildman–Crippen LogP) is 2.83. The van der Waals surface area contributed by atoms with Crippen LogP contribution in [0.25, 0.3) is 0 Å². The first-order chi connectivity index (χ1) is 7.68. The molecule has 0 aliphatic carbocycles. The number of quaternary nitrogens is 1. The van der Waals surface area contributed by atoms with Crippen LogP contribution in [0, 0.1) is 5.92 Å². The van der Waals surface area contributed by atoms with Crippen LogP contribution in [-0.4, -0.2) is 19.6 Å². The van der Waals surface area contributed by atoms with Crippen molar-refractivity contribution in [1.82, 2.24) is 0 Å². The average molecular weight is 224 g/mol. The standard InChI is InChI=1S/C15H29N/c1-14(2)8-7-9-15(3)10-13-16-11-5-4-6-12-16/h8,15H,4-7,9-13H2,1-3H3/p+1/t15-/m1/s1. The van der Waals surface area contributed by atoms with Crippen LogP contribution in [0.2, 0.25) is 0 Å². The minimum atomic E-state index is 0.907. The first-order valence-corrected chi connectivity index (χ1v) is 7.15. The Morgan fingerprint density at radius 2 is 1.81 bits per heavy atom. The maximum atomic E-state index is 2.42. The van der Waals surface area contributed by atoms with E-state index in [-0.39, 0.29) is 0 Å². The Bertz CT molecular complexity index is 197. The molecule has 1 aliphatic heterocycles. The lowest BCUT2D eigenvalue weighted by Gasteiger charge is -2.24. The van der Waals surface area contributed by atoms with Gasteiger partial charge in [0.05, 0.1) is 19.6 Å². The summed E-state index contributed by atoms with van der Waals surface area (Å²) in [6, 6.07) is 0. The largest absolute Gasteiger partial charge is 0.335 e. The molecule has 1 saturated heterocycles. The summed E-state index contributed by atoms with van der Waals surface area (Å²) in [6.07, 6.45) is 10.8. The Balaban J connectivity index is 2.04. The lowest BCUT2D eigenvalue weighted by Crippen LogP contribution is -3.12. The van der Waals surface area contributed by atoms with Crippen LogP contribution >= 0.6 is 0 Å². The van der Waals surface area contributed by atoms with Crippen LogP contribution < -0.4 is 4.90 Å². The summed E-state index contributed by atoms with van der Waals surface area (Å²) in [5.41, 5.74) is 1.47. The van der Waals surface area contributed by atoms with Crippen molar-refractivity contribution in [2.75, 3.05) is 19.6 Å². The molecule has 1 N–H and O–H groups in total. The fourth-order valence-electron chi connectivity index (χ4n) is 2.55. The van der Waals surface area contributed by atoms with Crippen molar-refractivity contribution in [3.8, 4) is 0 Å². The number of hydrogen-bond acceptors (Lipinski definition) is 0. The summed E-state index contributed by atoms with van der Waals surface area (Å²) in [5, 5.41) is 0. The highest BCUT2D eigenvalue weighted by molar-refractivity contribution is 4.92. The highest BCUT2D eigenvalue weighted by Crippen LogP contribution is 2.10. The highest BCUT2D eigenvalue weighted by atomic mass is 15.1. The van der Waals surface area contributed by atoms with E-state index in [1.54, 1.807) is 0 Å². The quantitative estimate of drug-likeness (QED) is 0.662. The third-order valence-corrected chi connectivity index (χ3v) is 3.76. The van der Waals surface area contributed by atoms with Gasteiger partial charge in [0.2, 0.25) is 0 Å². The molecule has 0 radical (unpaired) electrons. The van der Waals surface area contributed by atoms with E-state index in [1.165, 1.54) is 63.7 Å². The zero-order valence-corrected chi connectivity index (χ0v) is 11.5. The summed E-state index contributed by atoms with van der Waals surface area (Å²) >= 11 is 0. The second-order valence-electron chi connectivity index (χ2n) is 5.81. The molecule has 0 unspecified atom stereocenters. The summed E-state index contributed by atoms with van der Waals surface area (Å²) in [5.74, 6) is 0.907. The topological polar surface area (TPSA) is 4.44 Å². The van der Waals surface area contributed by atoms with Crippen LogP contribution in [0.15, 0.2) is 11.6 Å². The minimum absolute atomic E-state index is 0.907. The van der Waals surface area contributed by atoms with E-state index in [9.17, 15) is 0 Å². The molecule has 1 atom stereocenters. The maximum Gasteiger partial charge on any atom is 0.0773 e. The molecule has 0 aromatic rings. The SMILES string of the molecule is CC(C)=CCC[C@@H](C)CC[NH+]1CCCCC1. The third-order valence-electron chi connectivity index (χ3n) is 3.76. The molecule has 16 heavy (non-hydrogen) atoms. The Kier molecular flexibility index (Phi) is 6.79. The van der Waals surface area contributed by atoms with Gasteiger partial charge in [0.1, 0.15) is 0 Å². The molecule has 1 fully saturated rings. The van der Waals surface area contributed by atoms with Crippen LogP contribution in [0.1, 0.15) is 59.3 Å². The maximum absolute atomic E-state index is 2.42. The molecule has 1 heteroatoms. The third kappa shape index (κ3) is 6.32. The van der Waals surface area contributed by atoms with Crippen LogP contribution in [0.3, 0.4) is 0 Å². The smallest absolute Gasteiger partial charge is 0.0773 e. The van der Waals surface area contributed by atoms with Crippen molar-refractivity contribution in [2.24, 2.45) is 5.92 Å². The molecule has 0 saturated carbocycles. The molecular weight excluding hydrogens is 194 g/mol. The molecule has 0 aromatic heterocycles. The van der Waals surface area contributed by atoms with Crippen molar-refractivity contribution in [3.05, 3.63) is 11.6 Å². The van der Waals surface area contributed by atoms with E-state index in [1.807, 2.05) is 4.90 Å². The molecule has 1 nitrogen and oxygen atoms in total. The number of piperidine rings is 1. The molecular formula is C15H30N+. The molecule has 0 aromatic carbocycles. The van der Waals surface area contributed by atoms with Gasteiger partial charge in [-0.2, -0.15) is 0 Å². The second kappa shape index (κ2) is 7.89. The number of nitrogens with one attached hydrogen (secondary N) is 1. The van der Waals surface area contributed by atoms with Gasteiger partial charge < -0.3 is 4.90 Å². The van der Waals surface area contributed by atoms with Gasteiger partial charge in [-0.25, -0.2) is 0 Å². The van der Waals surface area contributed by atoms with Crippen molar-refractivity contribution in [3.63, 3.8) is 0 Å². The zero-order chi connectivity index (χ0) is 11.8. The van der Waals surface area contributed by atoms with Crippen molar-refractivity contribution in [1.29, 1.82) is 0 Å². The summed E-state index contributed by atoms with van der Waals surface area (Å²) in [6.45, 7) is 11.1. The molecule has 1 heterocycles. The molecule has 0 spiro atoms. The van der Waals surface area contributed by atoms with Gasteiger partial charge in [0.15, 0.2) is 0 Å². The monoisotopic (exact) mass is 224 g/mol. The Labute approximate surface area is 102 Å². The molecule has 0 bridgehead atoms. The van der Waals surface area contributed by atoms with Gasteiger partial charge >= 0.3 is 0 Å². The number of hydrogen-bond donors (Lipinski definition) is 1. The zero-order valence-electron chi connectivity index (χ0n) is 11.5. The fraction of sp³-hybridized carbons (Fsp3) is 0.867. The highest BCUT2D eigenvalue weighted by Gasteiger charge is 2.14. The lowest BCUT2D eigenvalue weighted by molar-refractivity contribution is -0.905. The number of likely N-dealkylation sites (tertiary alicyclic amines) is 1. The Hall–Kier alpha value is -0.300. The average Bonchev–Trinajstić information content (AvgIpc) is 2.27. The first-order valence-electron chi connectivity index (χ1n) is 7.15. The summed E-state index contributed by atoms with van der Waals surface area (Å²) in [4.78, 5) is 1.86. The van der Waals surface area contributed by atoms with Gasteiger partial charge in [-0.1, -0.05) is 18.6 Å². The lowest BCUT2D eigenvalue weighted by atomic mass is 10.00. The van der Waals surface area contributed by atoms with E-state index < -0.39 is 0 Å².